The molecule has 1 aliphatic rings. The predicted molar refractivity (Wildman–Crippen MR) is 75.8 cm³/mol. The van der Waals surface area contributed by atoms with Crippen LogP contribution in [0, 0.1) is 0 Å². The van der Waals surface area contributed by atoms with E-state index in [9.17, 15) is 9.59 Å². The molecule has 2 heterocycles. The van der Waals surface area contributed by atoms with Gasteiger partial charge in [-0.2, -0.15) is 0 Å². The molecular weight excluding hydrogens is 254 g/mol. The predicted octanol–water partition coefficient (Wildman–Crippen LogP) is 1.66. The average Bonchev–Trinajstić information content (AvgIpc) is 2.46. The monoisotopic (exact) mass is 275 g/mol. The van der Waals surface area contributed by atoms with Crippen LogP contribution >= 0.6 is 0 Å². The van der Waals surface area contributed by atoms with Crippen molar-refractivity contribution in [2.45, 2.75) is 51.7 Å². The molecule has 2 amide bonds. The van der Waals surface area contributed by atoms with Crippen molar-refractivity contribution in [3.8, 4) is 0 Å². The first-order chi connectivity index (χ1) is 9.40. The molecule has 20 heavy (non-hydrogen) atoms. The zero-order valence-corrected chi connectivity index (χ0v) is 12.4. The van der Waals surface area contributed by atoms with Crippen molar-refractivity contribution >= 4 is 11.8 Å². The number of hydrogen-bond donors (Lipinski definition) is 1. The molecule has 5 nitrogen and oxygen atoms in total. The van der Waals surface area contributed by atoms with Crippen molar-refractivity contribution in [3.05, 3.63) is 30.1 Å². The first-order valence-corrected chi connectivity index (χ1v) is 6.95. The number of carbonyl (C=O) groups is 2. The lowest BCUT2D eigenvalue weighted by Crippen LogP contribution is -2.68. The van der Waals surface area contributed by atoms with Gasteiger partial charge in [-0.3, -0.25) is 14.6 Å². The van der Waals surface area contributed by atoms with Crippen LogP contribution in [0.25, 0.3) is 0 Å². The number of aromatic nitrogens is 1. The molecule has 5 heteroatoms. The highest BCUT2D eigenvalue weighted by Crippen LogP contribution is 2.29. The molecule has 3 unspecified atom stereocenters. The van der Waals surface area contributed by atoms with Gasteiger partial charge < -0.3 is 10.2 Å². The minimum Gasteiger partial charge on any atom is -0.340 e. The molecule has 1 N–H and O–H groups in total. The van der Waals surface area contributed by atoms with Crippen LogP contribution in [0.1, 0.15) is 45.7 Å². The summed E-state index contributed by atoms with van der Waals surface area (Å²) in [5.74, 6) is -0.133. The van der Waals surface area contributed by atoms with Crippen LogP contribution in [0.4, 0.5) is 0 Å². The van der Waals surface area contributed by atoms with Gasteiger partial charge in [0, 0.05) is 12.4 Å². The van der Waals surface area contributed by atoms with E-state index in [0.29, 0.717) is 6.42 Å². The number of carbonyl (C=O) groups excluding carboxylic acids is 2. The minimum atomic E-state index is -0.815. The van der Waals surface area contributed by atoms with Crippen LogP contribution in [-0.2, 0) is 9.59 Å². The maximum atomic E-state index is 12.7. The summed E-state index contributed by atoms with van der Waals surface area (Å²) in [5, 5.41) is 2.84. The Morgan fingerprint density at radius 3 is 2.55 bits per heavy atom. The zero-order valence-electron chi connectivity index (χ0n) is 12.4. The van der Waals surface area contributed by atoms with Gasteiger partial charge in [-0.15, -0.1) is 0 Å². The fourth-order valence-electron chi connectivity index (χ4n) is 2.57. The molecule has 2 rings (SSSR count). The van der Waals surface area contributed by atoms with E-state index in [2.05, 4.69) is 10.3 Å². The Morgan fingerprint density at radius 2 is 2.00 bits per heavy atom. The van der Waals surface area contributed by atoms with E-state index < -0.39 is 11.6 Å². The highest BCUT2D eigenvalue weighted by molar-refractivity contribution is 5.99. The van der Waals surface area contributed by atoms with Crippen LogP contribution in [-0.4, -0.2) is 33.3 Å². The van der Waals surface area contributed by atoms with Crippen molar-refractivity contribution in [2.75, 3.05) is 0 Å². The lowest BCUT2D eigenvalue weighted by atomic mass is 9.90. The maximum absolute atomic E-state index is 12.7. The first-order valence-electron chi connectivity index (χ1n) is 6.95. The number of hydrogen-bond acceptors (Lipinski definition) is 3. The van der Waals surface area contributed by atoms with Crippen LogP contribution < -0.4 is 5.32 Å². The molecule has 1 aromatic heterocycles. The van der Waals surface area contributed by atoms with Crippen molar-refractivity contribution < 1.29 is 9.59 Å². The Kier molecular flexibility index (Phi) is 3.79. The standard InChI is InChI=1S/C15H21N3O2/c1-5-15(4)14(20)18(11(3)13(19)17-15)10(2)12-6-8-16-9-7-12/h6-11H,5H2,1-4H3,(H,17,19). The molecule has 0 aliphatic carbocycles. The summed E-state index contributed by atoms with van der Waals surface area (Å²) < 4.78 is 0. The lowest BCUT2D eigenvalue weighted by Gasteiger charge is -2.45. The van der Waals surface area contributed by atoms with E-state index >= 15 is 0 Å². The minimum absolute atomic E-state index is 0.0311. The Balaban J connectivity index is 2.37. The Morgan fingerprint density at radius 1 is 1.40 bits per heavy atom. The van der Waals surface area contributed by atoms with Gasteiger partial charge in [0.2, 0.25) is 11.8 Å². The zero-order chi connectivity index (χ0) is 14.9. The summed E-state index contributed by atoms with van der Waals surface area (Å²) in [5.41, 5.74) is 0.165. The Hall–Kier alpha value is -1.91. The smallest absolute Gasteiger partial charge is 0.249 e. The summed E-state index contributed by atoms with van der Waals surface area (Å²) in [7, 11) is 0. The van der Waals surface area contributed by atoms with Crippen molar-refractivity contribution in [3.63, 3.8) is 0 Å². The van der Waals surface area contributed by atoms with E-state index in [1.165, 1.54) is 0 Å². The molecular formula is C15H21N3O2. The lowest BCUT2D eigenvalue weighted by molar-refractivity contribution is -0.156. The molecule has 0 aromatic carbocycles. The topological polar surface area (TPSA) is 62.3 Å². The van der Waals surface area contributed by atoms with Gasteiger partial charge in [0.1, 0.15) is 11.6 Å². The van der Waals surface area contributed by atoms with Crippen molar-refractivity contribution in [1.29, 1.82) is 0 Å². The van der Waals surface area contributed by atoms with Gasteiger partial charge in [-0.05, 0) is 44.9 Å². The molecule has 108 valence electrons. The summed E-state index contributed by atoms with van der Waals surface area (Å²) in [6.45, 7) is 7.40. The van der Waals surface area contributed by atoms with Crippen LogP contribution in [0.2, 0.25) is 0 Å². The van der Waals surface area contributed by atoms with Gasteiger partial charge in [-0.1, -0.05) is 6.92 Å². The quantitative estimate of drug-likeness (QED) is 0.912. The highest BCUT2D eigenvalue weighted by atomic mass is 16.2. The number of nitrogens with one attached hydrogen (secondary N) is 1. The Bertz CT molecular complexity index is 517. The summed E-state index contributed by atoms with van der Waals surface area (Å²) in [4.78, 5) is 30.6. The third kappa shape index (κ3) is 2.28. The van der Waals surface area contributed by atoms with Gasteiger partial charge in [0.25, 0.3) is 0 Å². The summed E-state index contributed by atoms with van der Waals surface area (Å²) in [6, 6.07) is 3.13. The van der Waals surface area contributed by atoms with Gasteiger partial charge in [0.15, 0.2) is 0 Å². The molecule has 1 fully saturated rings. The second kappa shape index (κ2) is 5.23. The third-order valence-corrected chi connectivity index (χ3v) is 4.22. The SMILES string of the molecule is CCC1(C)NC(=O)C(C)N(C(C)c2ccncc2)C1=O. The fourth-order valence-corrected chi connectivity index (χ4v) is 2.57. The van der Waals surface area contributed by atoms with E-state index in [0.717, 1.165) is 5.56 Å². The van der Waals surface area contributed by atoms with E-state index in [1.54, 1.807) is 31.1 Å². The van der Waals surface area contributed by atoms with Gasteiger partial charge in [-0.25, -0.2) is 0 Å². The van der Waals surface area contributed by atoms with Gasteiger partial charge in [0.05, 0.1) is 6.04 Å². The maximum Gasteiger partial charge on any atom is 0.249 e. The van der Waals surface area contributed by atoms with Crippen LogP contribution in [0.3, 0.4) is 0 Å². The number of nitrogens with zero attached hydrogens (tertiary/aromatic N) is 2. The second-order valence-corrected chi connectivity index (χ2v) is 5.52. The molecule has 3 atom stereocenters. The van der Waals surface area contributed by atoms with Crippen LogP contribution in [0.15, 0.2) is 24.5 Å². The number of pyridine rings is 1. The van der Waals surface area contributed by atoms with Crippen molar-refractivity contribution in [2.24, 2.45) is 0 Å². The number of piperazine rings is 1. The summed E-state index contributed by atoms with van der Waals surface area (Å²) >= 11 is 0. The third-order valence-electron chi connectivity index (χ3n) is 4.22. The first kappa shape index (κ1) is 14.5. The van der Waals surface area contributed by atoms with E-state index in [-0.39, 0.29) is 17.9 Å². The number of amides is 2. The van der Waals surface area contributed by atoms with E-state index in [4.69, 9.17) is 0 Å². The van der Waals surface area contributed by atoms with Crippen molar-refractivity contribution in [1.82, 2.24) is 15.2 Å². The second-order valence-electron chi connectivity index (χ2n) is 5.52. The molecule has 1 aliphatic heterocycles. The van der Waals surface area contributed by atoms with E-state index in [1.807, 2.05) is 26.0 Å². The molecule has 0 radical (unpaired) electrons. The highest BCUT2D eigenvalue weighted by Gasteiger charge is 2.47. The van der Waals surface area contributed by atoms with Crippen LogP contribution in [0.5, 0.6) is 0 Å². The molecule has 0 saturated carbocycles. The number of rotatable bonds is 3. The largest absolute Gasteiger partial charge is 0.340 e. The molecule has 1 saturated heterocycles. The molecule has 1 aromatic rings. The average molecular weight is 275 g/mol. The molecule has 0 spiro atoms. The Labute approximate surface area is 119 Å². The normalized spacial score (nSPS) is 28.2. The fraction of sp³-hybridized carbons (Fsp3) is 0.533. The summed E-state index contributed by atoms with van der Waals surface area (Å²) in [6.07, 6.45) is 3.97. The molecule has 0 bridgehead atoms. The van der Waals surface area contributed by atoms with Gasteiger partial charge >= 0.3 is 0 Å².